The first-order valence-electron chi connectivity index (χ1n) is 5.60. The Morgan fingerprint density at radius 3 is 2.89 bits per heavy atom. The largest absolute Gasteiger partial charge is 0.495 e. The Hall–Kier alpha value is -1.94. The molecule has 18 heavy (non-hydrogen) atoms. The molecule has 1 heterocycles. The lowest BCUT2D eigenvalue weighted by molar-refractivity contribution is 0.177. The number of pyridine rings is 1. The number of rotatable bonds is 4. The summed E-state index contributed by atoms with van der Waals surface area (Å²) in [4.78, 5) is 3.98. The normalized spacial score (nSPS) is 12.2. The third-order valence-corrected chi connectivity index (χ3v) is 2.67. The number of aromatic nitrogens is 1. The number of hydrogen-bond acceptors (Lipinski definition) is 3. The van der Waals surface area contributed by atoms with Gasteiger partial charge in [-0.1, -0.05) is 12.1 Å². The van der Waals surface area contributed by atoms with Crippen LogP contribution < -0.4 is 4.74 Å². The molecule has 0 spiro atoms. The van der Waals surface area contributed by atoms with Crippen molar-refractivity contribution in [3.8, 4) is 5.75 Å². The molecule has 0 aliphatic rings. The van der Waals surface area contributed by atoms with Crippen molar-refractivity contribution >= 4 is 0 Å². The highest BCUT2D eigenvalue weighted by atomic mass is 19.1. The fourth-order valence-electron chi connectivity index (χ4n) is 1.73. The minimum absolute atomic E-state index is 0.302. The van der Waals surface area contributed by atoms with Gasteiger partial charge in [0.15, 0.2) is 0 Å². The average molecular weight is 247 g/mol. The van der Waals surface area contributed by atoms with Gasteiger partial charge in [0, 0.05) is 18.2 Å². The summed E-state index contributed by atoms with van der Waals surface area (Å²) in [7, 11) is 1.54. The first kappa shape index (κ1) is 12.5. The lowest BCUT2D eigenvalue weighted by atomic mass is 10.0. The van der Waals surface area contributed by atoms with Gasteiger partial charge in [0.05, 0.1) is 19.4 Å². The van der Waals surface area contributed by atoms with Crippen LogP contribution >= 0.6 is 0 Å². The van der Waals surface area contributed by atoms with Crippen molar-refractivity contribution < 1.29 is 14.2 Å². The molecule has 0 aliphatic carbocycles. The summed E-state index contributed by atoms with van der Waals surface area (Å²) >= 11 is 0. The standard InChI is InChI=1S/C14H14FNO2/c1-18-13-7-11(8-16-9-13)14(17)6-10-3-2-4-12(15)5-10/h2-5,7-9,14,17H,6H2,1H3. The van der Waals surface area contributed by atoms with Gasteiger partial charge in [0.1, 0.15) is 11.6 Å². The number of aliphatic hydroxyl groups is 1. The lowest BCUT2D eigenvalue weighted by Gasteiger charge is -2.11. The Morgan fingerprint density at radius 1 is 1.33 bits per heavy atom. The lowest BCUT2D eigenvalue weighted by Crippen LogP contribution is -2.03. The minimum Gasteiger partial charge on any atom is -0.495 e. The number of hydrogen-bond donors (Lipinski definition) is 1. The molecule has 0 radical (unpaired) electrons. The number of halogens is 1. The van der Waals surface area contributed by atoms with Gasteiger partial charge in [-0.2, -0.15) is 0 Å². The molecule has 1 unspecified atom stereocenters. The highest BCUT2D eigenvalue weighted by molar-refractivity contribution is 5.27. The van der Waals surface area contributed by atoms with E-state index >= 15 is 0 Å². The zero-order chi connectivity index (χ0) is 13.0. The molecule has 0 saturated carbocycles. The van der Waals surface area contributed by atoms with E-state index in [9.17, 15) is 9.50 Å². The van der Waals surface area contributed by atoms with Gasteiger partial charge >= 0.3 is 0 Å². The summed E-state index contributed by atoms with van der Waals surface area (Å²) in [5, 5.41) is 10.1. The molecule has 0 fully saturated rings. The number of benzene rings is 1. The van der Waals surface area contributed by atoms with Gasteiger partial charge in [0.25, 0.3) is 0 Å². The summed E-state index contributed by atoms with van der Waals surface area (Å²) in [5.41, 5.74) is 1.39. The van der Waals surface area contributed by atoms with Crippen molar-refractivity contribution in [1.82, 2.24) is 4.98 Å². The Bertz CT molecular complexity index is 531. The van der Waals surface area contributed by atoms with E-state index in [4.69, 9.17) is 4.74 Å². The zero-order valence-electron chi connectivity index (χ0n) is 10.0. The monoisotopic (exact) mass is 247 g/mol. The molecule has 4 heteroatoms. The quantitative estimate of drug-likeness (QED) is 0.902. The molecule has 0 bridgehead atoms. The van der Waals surface area contributed by atoms with Gasteiger partial charge in [-0.15, -0.1) is 0 Å². The van der Waals surface area contributed by atoms with Gasteiger partial charge in [-0.05, 0) is 23.8 Å². The number of ether oxygens (including phenoxy) is 1. The average Bonchev–Trinajstić information content (AvgIpc) is 2.39. The van der Waals surface area contributed by atoms with Crippen LogP contribution in [0.1, 0.15) is 17.2 Å². The van der Waals surface area contributed by atoms with Crippen molar-refractivity contribution in [3.63, 3.8) is 0 Å². The van der Waals surface area contributed by atoms with Gasteiger partial charge in [-0.25, -0.2) is 4.39 Å². The molecule has 0 amide bonds. The molecule has 1 aromatic heterocycles. The van der Waals surface area contributed by atoms with E-state index in [1.165, 1.54) is 12.1 Å². The number of aliphatic hydroxyl groups excluding tert-OH is 1. The first-order valence-corrected chi connectivity index (χ1v) is 5.60. The highest BCUT2D eigenvalue weighted by Gasteiger charge is 2.10. The van der Waals surface area contributed by atoms with Crippen molar-refractivity contribution in [3.05, 3.63) is 59.7 Å². The second kappa shape index (κ2) is 5.60. The smallest absolute Gasteiger partial charge is 0.137 e. The fraction of sp³-hybridized carbons (Fsp3) is 0.214. The molecule has 1 N–H and O–H groups in total. The van der Waals surface area contributed by atoms with Gasteiger partial charge < -0.3 is 9.84 Å². The summed E-state index contributed by atoms with van der Waals surface area (Å²) < 4.78 is 18.1. The van der Waals surface area contributed by atoms with Crippen LogP contribution in [0.2, 0.25) is 0 Å². The minimum atomic E-state index is -0.727. The summed E-state index contributed by atoms with van der Waals surface area (Å²) in [5.74, 6) is 0.286. The molecule has 0 aliphatic heterocycles. The van der Waals surface area contributed by atoms with E-state index in [1.54, 1.807) is 37.7 Å². The summed E-state index contributed by atoms with van der Waals surface area (Å²) in [6.45, 7) is 0. The van der Waals surface area contributed by atoms with E-state index in [-0.39, 0.29) is 5.82 Å². The predicted molar refractivity (Wildman–Crippen MR) is 65.9 cm³/mol. The van der Waals surface area contributed by atoms with Crippen LogP contribution in [0, 0.1) is 5.82 Å². The van der Waals surface area contributed by atoms with Crippen LogP contribution in [0.5, 0.6) is 5.75 Å². The first-order chi connectivity index (χ1) is 8.69. The van der Waals surface area contributed by atoms with Crippen LogP contribution in [-0.2, 0) is 6.42 Å². The molecule has 1 aromatic carbocycles. The van der Waals surface area contributed by atoms with Crippen molar-refractivity contribution in [2.75, 3.05) is 7.11 Å². The van der Waals surface area contributed by atoms with E-state index < -0.39 is 6.10 Å². The van der Waals surface area contributed by atoms with E-state index in [0.717, 1.165) is 5.56 Å². The van der Waals surface area contributed by atoms with E-state index in [1.807, 2.05) is 0 Å². The Labute approximate surface area is 105 Å². The van der Waals surface area contributed by atoms with Crippen molar-refractivity contribution in [1.29, 1.82) is 0 Å². The zero-order valence-corrected chi connectivity index (χ0v) is 10.0. The van der Waals surface area contributed by atoms with Crippen molar-refractivity contribution in [2.45, 2.75) is 12.5 Å². The van der Waals surface area contributed by atoms with Gasteiger partial charge in [-0.3, -0.25) is 4.98 Å². The maximum Gasteiger partial charge on any atom is 0.137 e. The van der Waals surface area contributed by atoms with Crippen LogP contribution in [0.4, 0.5) is 4.39 Å². The van der Waals surface area contributed by atoms with E-state index in [2.05, 4.69) is 4.98 Å². The summed E-state index contributed by atoms with van der Waals surface area (Å²) in [6.07, 6.45) is 2.76. The SMILES string of the molecule is COc1cncc(C(O)Cc2cccc(F)c2)c1. The maximum atomic E-state index is 13.0. The number of nitrogens with zero attached hydrogens (tertiary/aromatic N) is 1. The fourth-order valence-corrected chi connectivity index (χ4v) is 1.73. The molecule has 3 nitrogen and oxygen atoms in total. The molecule has 1 atom stereocenters. The van der Waals surface area contributed by atoms with Crippen LogP contribution in [0.3, 0.4) is 0 Å². The third kappa shape index (κ3) is 3.05. The molecular weight excluding hydrogens is 233 g/mol. The second-order valence-corrected chi connectivity index (χ2v) is 4.01. The van der Waals surface area contributed by atoms with Crippen LogP contribution in [0.15, 0.2) is 42.7 Å². The predicted octanol–water partition coefficient (Wildman–Crippen LogP) is 2.51. The summed E-state index contributed by atoms with van der Waals surface area (Å²) in [6, 6.07) is 7.91. The van der Waals surface area contributed by atoms with Gasteiger partial charge in [0.2, 0.25) is 0 Å². The molecule has 0 saturated heterocycles. The highest BCUT2D eigenvalue weighted by Crippen LogP contribution is 2.21. The Morgan fingerprint density at radius 2 is 2.17 bits per heavy atom. The third-order valence-electron chi connectivity index (χ3n) is 2.67. The van der Waals surface area contributed by atoms with Crippen LogP contribution in [-0.4, -0.2) is 17.2 Å². The topological polar surface area (TPSA) is 42.4 Å². The maximum absolute atomic E-state index is 13.0. The van der Waals surface area contributed by atoms with Crippen LogP contribution in [0.25, 0.3) is 0 Å². The Balaban J connectivity index is 2.13. The Kier molecular flexibility index (Phi) is 3.89. The molecular formula is C14H14FNO2. The number of methoxy groups -OCH3 is 1. The molecule has 2 aromatic rings. The van der Waals surface area contributed by atoms with E-state index in [0.29, 0.717) is 17.7 Å². The molecule has 94 valence electrons. The molecule has 2 rings (SSSR count). The second-order valence-electron chi connectivity index (χ2n) is 4.01. The van der Waals surface area contributed by atoms with Crippen molar-refractivity contribution in [2.24, 2.45) is 0 Å².